The van der Waals surface area contributed by atoms with Crippen LogP contribution in [0.4, 0.5) is 4.39 Å². The minimum absolute atomic E-state index is 0.0443. The maximum atomic E-state index is 11.9. The molecule has 2 atom stereocenters. The summed E-state index contributed by atoms with van der Waals surface area (Å²) in [6.07, 6.45) is 11.7. The minimum atomic E-state index is -0.615. The third kappa shape index (κ3) is 10.4. The largest absolute Gasteiger partial charge is 0.395 e. The van der Waals surface area contributed by atoms with Crippen molar-refractivity contribution in [3.63, 3.8) is 0 Å². The van der Waals surface area contributed by atoms with Crippen LogP contribution < -0.4 is 0 Å². The van der Waals surface area contributed by atoms with E-state index in [1.807, 2.05) is 25.1 Å². The van der Waals surface area contributed by atoms with Gasteiger partial charge in [0.15, 0.2) is 0 Å². The Hall–Kier alpha value is -0.450. The first-order chi connectivity index (χ1) is 9.63. The maximum Gasteiger partial charge on any atom is 0.0898 e. The van der Waals surface area contributed by atoms with E-state index >= 15 is 0 Å². The summed E-state index contributed by atoms with van der Waals surface area (Å²) in [6.45, 7) is -0.230. The molecule has 0 rings (SSSR count). The van der Waals surface area contributed by atoms with E-state index in [0.717, 1.165) is 25.7 Å². The summed E-state index contributed by atoms with van der Waals surface area (Å²) in [5, 5.41) is 19.1. The lowest BCUT2D eigenvalue weighted by molar-refractivity contribution is 0.0672. The summed E-state index contributed by atoms with van der Waals surface area (Å²) >= 11 is 0. The molecule has 0 aliphatic carbocycles. The van der Waals surface area contributed by atoms with E-state index in [2.05, 4.69) is 0 Å². The molecule has 0 saturated heterocycles. The molecule has 3 nitrogen and oxygen atoms in total. The van der Waals surface area contributed by atoms with Crippen molar-refractivity contribution in [1.82, 2.24) is 4.90 Å². The summed E-state index contributed by atoms with van der Waals surface area (Å²) in [6, 6.07) is -0.234. The number of allylic oxidation sites excluding steroid dienone is 1. The molecule has 0 spiro atoms. The number of hydrogen-bond donors (Lipinski definition) is 2. The highest BCUT2D eigenvalue weighted by atomic mass is 19.1. The SMILES string of the molecule is CN(C)[C@@H](CO)[C@H](O)/C=C/CCCCCCCCCF. The predicted molar refractivity (Wildman–Crippen MR) is 82.6 cm³/mol. The molecule has 0 amide bonds. The van der Waals surface area contributed by atoms with Crippen LogP contribution in [0.2, 0.25) is 0 Å². The maximum absolute atomic E-state index is 11.9. The van der Waals surface area contributed by atoms with Crippen LogP contribution in [0.1, 0.15) is 51.4 Å². The Balaban J connectivity index is 3.51. The monoisotopic (exact) mass is 289 g/mol. The van der Waals surface area contributed by atoms with Crippen molar-refractivity contribution in [1.29, 1.82) is 0 Å². The zero-order chi connectivity index (χ0) is 15.2. The Kier molecular flexibility index (Phi) is 13.2. The van der Waals surface area contributed by atoms with Gasteiger partial charge in [0, 0.05) is 0 Å². The zero-order valence-electron chi connectivity index (χ0n) is 13.1. The van der Waals surface area contributed by atoms with Crippen LogP contribution in [0, 0.1) is 0 Å². The van der Waals surface area contributed by atoms with E-state index < -0.39 is 6.10 Å². The number of rotatable bonds is 13. The van der Waals surface area contributed by atoms with Gasteiger partial charge in [0.05, 0.1) is 25.4 Å². The van der Waals surface area contributed by atoms with Gasteiger partial charge in [-0.15, -0.1) is 0 Å². The van der Waals surface area contributed by atoms with E-state index in [4.69, 9.17) is 5.11 Å². The standard InChI is InChI=1S/C16H32FNO2/c1-18(2)15(14-19)16(20)12-10-8-6-4-3-5-7-9-11-13-17/h10,12,15-16,19-20H,3-9,11,13-14H2,1-2H3/b12-10+/t15-,16+/m0/s1. The summed E-state index contributed by atoms with van der Waals surface area (Å²) in [5.74, 6) is 0. The fourth-order valence-electron chi connectivity index (χ4n) is 2.18. The van der Waals surface area contributed by atoms with Crippen molar-refractivity contribution in [3.8, 4) is 0 Å². The smallest absolute Gasteiger partial charge is 0.0898 e. The zero-order valence-corrected chi connectivity index (χ0v) is 13.1. The Morgan fingerprint density at radius 1 is 1.00 bits per heavy atom. The Morgan fingerprint density at radius 3 is 2.05 bits per heavy atom. The van der Waals surface area contributed by atoms with E-state index in [9.17, 15) is 9.50 Å². The number of hydrogen-bond acceptors (Lipinski definition) is 3. The fourth-order valence-corrected chi connectivity index (χ4v) is 2.18. The summed E-state index contributed by atoms with van der Waals surface area (Å²) < 4.78 is 11.9. The van der Waals surface area contributed by atoms with Gasteiger partial charge < -0.3 is 15.1 Å². The first-order valence-electron chi connectivity index (χ1n) is 7.81. The van der Waals surface area contributed by atoms with Crippen LogP contribution in [-0.2, 0) is 0 Å². The molecule has 0 aromatic rings. The molecule has 0 heterocycles. The van der Waals surface area contributed by atoms with Gasteiger partial charge in [0.2, 0.25) is 0 Å². The molecule has 0 aliphatic rings. The Labute approximate surface area is 123 Å². The average molecular weight is 289 g/mol. The van der Waals surface area contributed by atoms with Gasteiger partial charge in [0.1, 0.15) is 0 Å². The predicted octanol–water partition coefficient (Wildman–Crippen LogP) is 2.92. The molecule has 0 aromatic heterocycles. The molecular weight excluding hydrogens is 257 g/mol. The molecule has 0 radical (unpaired) electrons. The second-order valence-electron chi connectivity index (χ2n) is 5.58. The number of unbranched alkanes of at least 4 members (excludes halogenated alkanes) is 7. The second-order valence-corrected chi connectivity index (χ2v) is 5.58. The number of aliphatic hydroxyl groups is 2. The van der Waals surface area contributed by atoms with Gasteiger partial charge in [-0.2, -0.15) is 0 Å². The van der Waals surface area contributed by atoms with E-state index in [-0.39, 0.29) is 19.3 Å². The fraction of sp³-hybridized carbons (Fsp3) is 0.875. The van der Waals surface area contributed by atoms with Gasteiger partial charge in [0.25, 0.3) is 0 Å². The third-order valence-corrected chi connectivity index (χ3v) is 3.58. The topological polar surface area (TPSA) is 43.7 Å². The first-order valence-corrected chi connectivity index (χ1v) is 7.81. The molecule has 0 fully saturated rings. The molecule has 0 aliphatic heterocycles. The van der Waals surface area contributed by atoms with Crippen LogP contribution in [0.25, 0.3) is 0 Å². The molecule has 0 aromatic carbocycles. The number of nitrogens with zero attached hydrogens (tertiary/aromatic N) is 1. The highest BCUT2D eigenvalue weighted by Crippen LogP contribution is 2.09. The summed E-state index contributed by atoms with van der Waals surface area (Å²) in [5.41, 5.74) is 0. The molecule has 120 valence electrons. The lowest BCUT2D eigenvalue weighted by Gasteiger charge is -2.25. The molecule has 0 unspecified atom stereocenters. The van der Waals surface area contributed by atoms with Crippen molar-refractivity contribution in [2.24, 2.45) is 0 Å². The minimum Gasteiger partial charge on any atom is -0.395 e. The van der Waals surface area contributed by atoms with Gasteiger partial charge >= 0.3 is 0 Å². The van der Waals surface area contributed by atoms with Crippen molar-refractivity contribution < 1.29 is 14.6 Å². The highest BCUT2D eigenvalue weighted by Gasteiger charge is 2.17. The quantitative estimate of drug-likeness (QED) is 0.405. The molecule has 20 heavy (non-hydrogen) atoms. The number of likely N-dealkylation sites (N-methyl/N-ethyl adjacent to an activating group) is 1. The Bertz CT molecular complexity index is 235. The van der Waals surface area contributed by atoms with Gasteiger partial charge in [-0.05, 0) is 33.4 Å². The van der Waals surface area contributed by atoms with Crippen LogP contribution in [-0.4, -0.2) is 54.6 Å². The number of alkyl halides is 1. The molecule has 0 bridgehead atoms. The van der Waals surface area contributed by atoms with Crippen LogP contribution in [0.3, 0.4) is 0 Å². The summed E-state index contributed by atoms with van der Waals surface area (Å²) in [7, 11) is 3.70. The normalized spacial score (nSPS) is 15.1. The van der Waals surface area contributed by atoms with E-state index in [1.54, 1.807) is 6.08 Å². The van der Waals surface area contributed by atoms with E-state index in [0.29, 0.717) is 6.42 Å². The first kappa shape index (κ1) is 19.6. The van der Waals surface area contributed by atoms with Crippen molar-refractivity contribution in [2.45, 2.75) is 63.5 Å². The van der Waals surface area contributed by atoms with Gasteiger partial charge in [-0.25, -0.2) is 0 Å². The molecule has 2 N–H and O–H groups in total. The average Bonchev–Trinajstić information content (AvgIpc) is 2.41. The highest BCUT2D eigenvalue weighted by molar-refractivity contribution is 4.94. The number of aliphatic hydroxyl groups excluding tert-OH is 2. The third-order valence-electron chi connectivity index (χ3n) is 3.58. The van der Waals surface area contributed by atoms with Gasteiger partial charge in [-0.3, -0.25) is 4.39 Å². The van der Waals surface area contributed by atoms with Crippen molar-refractivity contribution in [2.75, 3.05) is 27.4 Å². The molecule has 0 saturated carbocycles. The second kappa shape index (κ2) is 13.5. The van der Waals surface area contributed by atoms with Crippen LogP contribution in [0.5, 0.6) is 0 Å². The van der Waals surface area contributed by atoms with E-state index in [1.165, 1.54) is 19.3 Å². The van der Waals surface area contributed by atoms with Crippen LogP contribution in [0.15, 0.2) is 12.2 Å². The van der Waals surface area contributed by atoms with Crippen molar-refractivity contribution in [3.05, 3.63) is 12.2 Å². The lowest BCUT2D eigenvalue weighted by atomic mass is 10.1. The molecule has 4 heteroatoms. The number of halogens is 1. The molecular formula is C16H32FNO2. The van der Waals surface area contributed by atoms with Crippen molar-refractivity contribution >= 4 is 0 Å². The van der Waals surface area contributed by atoms with Crippen LogP contribution >= 0.6 is 0 Å². The lowest BCUT2D eigenvalue weighted by Crippen LogP contribution is -2.40. The van der Waals surface area contributed by atoms with Gasteiger partial charge in [-0.1, -0.05) is 44.3 Å². The Morgan fingerprint density at radius 2 is 1.55 bits per heavy atom. The summed E-state index contributed by atoms with van der Waals surface area (Å²) in [4.78, 5) is 1.83.